The number of nitrogen functional groups attached to an aromatic ring is 1. The van der Waals surface area contributed by atoms with E-state index in [2.05, 4.69) is 27.2 Å². The van der Waals surface area contributed by atoms with E-state index in [1.54, 1.807) is 0 Å². The molecule has 0 atom stereocenters. The molecule has 0 unspecified atom stereocenters. The maximum absolute atomic E-state index is 13.1. The van der Waals surface area contributed by atoms with Crippen LogP contribution in [0.25, 0.3) is 16.9 Å². The zero-order valence-electron chi connectivity index (χ0n) is 14.3. The average Bonchev–Trinajstić information content (AvgIpc) is 2.87. The molecule has 27 heavy (non-hydrogen) atoms. The third kappa shape index (κ3) is 3.27. The van der Waals surface area contributed by atoms with E-state index in [1.807, 2.05) is 0 Å². The van der Waals surface area contributed by atoms with Gasteiger partial charge in [-0.2, -0.15) is 18.2 Å². The van der Waals surface area contributed by atoms with E-state index in [-0.39, 0.29) is 22.2 Å². The molecule has 1 aromatic carbocycles. The van der Waals surface area contributed by atoms with Crippen molar-refractivity contribution in [3.05, 3.63) is 35.0 Å². The van der Waals surface area contributed by atoms with Gasteiger partial charge in [0, 0.05) is 10.6 Å². The number of nitrogens with one attached hydrogen (secondary N) is 1. The lowest BCUT2D eigenvalue weighted by molar-refractivity contribution is -0.137. The summed E-state index contributed by atoms with van der Waals surface area (Å²) < 4.78 is 40.8. The van der Waals surface area contributed by atoms with Gasteiger partial charge in [0.2, 0.25) is 11.9 Å². The number of hydrogen-bond acceptors (Lipinski definition) is 5. The molecular formula is C17H16ClF3N6. The van der Waals surface area contributed by atoms with Crippen molar-refractivity contribution < 1.29 is 13.2 Å². The first kappa shape index (κ1) is 17.8. The van der Waals surface area contributed by atoms with Crippen molar-refractivity contribution in [1.82, 2.24) is 19.5 Å². The molecule has 1 aliphatic rings. The summed E-state index contributed by atoms with van der Waals surface area (Å²) >= 11 is 5.90. The molecule has 0 aliphatic heterocycles. The molecule has 1 saturated carbocycles. The van der Waals surface area contributed by atoms with Crippen LogP contribution in [-0.4, -0.2) is 25.1 Å². The predicted octanol–water partition coefficient (Wildman–Crippen LogP) is 4.42. The Balaban J connectivity index is 1.84. The average molecular weight is 397 g/mol. The Morgan fingerprint density at radius 2 is 1.96 bits per heavy atom. The topological polar surface area (TPSA) is 81.6 Å². The maximum Gasteiger partial charge on any atom is 0.416 e. The van der Waals surface area contributed by atoms with Crippen molar-refractivity contribution in [2.45, 2.75) is 37.9 Å². The highest BCUT2D eigenvalue weighted by atomic mass is 35.5. The first-order chi connectivity index (χ1) is 12.6. The van der Waals surface area contributed by atoms with E-state index in [9.17, 15) is 13.2 Å². The molecule has 4 rings (SSSR count). The lowest BCUT2D eigenvalue weighted by Gasteiger charge is -2.39. The van der Waals surface area contributed by atoms with Gasteiger partial charge in [-0.05, 0) is 44.4 Å². The van der Waals surface area contributed by atoms with Crippen LogP contribution in [0.4, 0.5) is 25.1 Å². The summed E-state index contributed by atoms with van der Waals surface area (Å²) in [5.41, 5.74) is 5.82. The Hall–Kier alpha value is -2.55. The quantitative estimate of drug-likeness (QED) is 0.684. The summed E-state index contributed by atoms with van der Waals surface area (Å²) in [5, 5.41) is 3.21. The highest BCUT2D eigenvalue weighted by Gasteiger charge is 2.33. The number of aromatic nitrogens is 4. The van der Waals surface area contributed by atoms with Gasteiger partial charge >= 0.3 is 6.18 Å². The van der Waals surface area contributed by atoms with E-state index in [0.717, 1.165) is 31.4 Å². The Bertz CT molecular complexity index is 1030. The zero-order chi connectivity index (χ0) is 19.4. The molecule has 2 heterocycles. The minimum atomic E-state index is -4.54. The Morgan fingerprint density at radius 1 is 1.22 bits per heavy atom. The van der Waals surface area contributed by atoms with Crippen LogP contribution in [0.15, 0.2) is 24.4 Å². The number of rotatable bonds is 3. The largest absolute Gasteiger partial charge is 0.416 e. The van der Waals surface area contributed by atoms with Crippen LogP contribution in [0.2, 0.25) is 5.02 Å². The SMILES string of the molecule is CC1(Nc2ncc3nc(N)n(-c4cc(Cl)cc(C(F)(F)F)c4)c3n2)CCC1. The summed E-state index contributed by atoms with van der Waals surface area (Å²) in [6.07, 6.45) is 0.0809. The van der Waals surface area contributed by atoms with Crippen LogP contribution >= 0.6 is 11.6 Å². The van der Waals surface area contributed by atoms with E-state index in [0.29, 0.717) is 17.1 Å². The first-order valence-electron chi connectivity index (χ1n) is 8.32. The zero-order valence-corrected chi connectivity index (χ0v) is 15.1. The second-order valence-corrected chi connectivity index (χ2v) is 7.38. The van der Waals surface area contributed by atoms with Crippen molar-refractivity contribution in [3.8, 4) is 5.69 Å². The van der Waals surface area contributed by atoms with Gasteiger partial charge in [0.1, 0.15) is 5.52 Å². The van der Waals surface area contributed by atoms with Crippen LogP contribution in [0.5, 0.6) is 0 Å². The van der Waals surface area contributed by atoms with Gasteiger partial charge in [-0.3, -0.25) is 4.57 Å². The molecule has 6 nitrogen and oxygen atoms in total. The van der Waals surface area contributed by atoms with E-state index >= 15 is 0 Å². The molecule has 0 spiro atoms. The standard InChI is InChI=1S/C17H16ClF3N6/c1-16(3-2-4-16)26-15-23-8-12-13(25-15)27(14(22)24-12)11-6-9(17(19,20)21)5-10(18)7-11/h5-8H,2-4H2,1H3,(H2,22,24)(H,23,25,26). The maximum atomic E-state index is 13.1. The highest BCUT2D eigenvalue weighted by Crippen LogP contribution is 2.35. The fourth-order valence-electron chi connectivity index (χ4n) is 3.18. The van der Waals surface area contributed by atoms with Gasteiger partial charge in [-0.15, -0.1) is 0 Å². The Kier molecular flexibility index (Phi) is 3.95. The van der Waals surface area contributed by atoms with Crippen LogP contribution in [0.1, 0.15) is 31.7 Å². The summed E-state index contributed by atoms with van der Waals surface area (Å²) in [6.45, 7) is 2.07. The number of halogens is 4. The summed E-state index contributed by atoms with van der Waals surface area (Å²) in [5.74, 6) is 0.380. The minimum absolute atomic E-state index is 0.00157. The number of fused-ring (bicyclic) bond motifs is 1. The summed E-state index contributed by atoms with van der Waals surface area (Å²) in [7, 11) is 0. The van der Waals surface area contributed by atoms with Crippen molar-refractivity contribution >= 4 is 34.7 Å². The van der Waals surface area contributed by atoms with Crippen LogP contribution in [0.3, 0.4) is 0 Å². The molecule has 1 fully saturated rings. The number of hydrogen-bond donors (Lipinski definition) is 2. The Labute approximate surface area is 157 Å². The van der Waals surface area contributed by atoms with Crippen molar-refractivity contribution in [1.29, 1.82) is 0 Å². The van der Waals surface area contributed by atoms with Gasteiger partial charge < -0.3 is 11.1 Å². The van der Waals surface area contributed by atoms with Crippen LogP contribution < -0.4 is 11.1 Å². The second kappa shape index (κ2) is 5.98. The number of imidazole rings is 1. The third-order valence-electron chi connectivity index (χ3n) is 4.76. The van der Waals surface area contributed by atoms with Gasteiger partial charge in [0.05, 0.1) is 17.4 Å². The number of nitrogens with two attached hydrogens (primary N) is 1. The molecular weight excluding hydrogens is 381 g/mol. The van der Waals surface area contributed by atoms with Gasteiger partial charge in [0.25, 0.3) is 0 Å². The molecule has 10 heteroatoms. The third-order valence-corrected chi connectivity index (χ3v) is 4.98. The van der Waals surface area contributed by atoms with Gasteiger partial charge in [-0.25, -0.2) is 9.97 Å². The fourth-order valence-corrected chi connectivity index (χ4v) is 3.40. The van der Waals surface area contributed by atoms with Crippen molar-refractivity contribution in [2.24, 2.45) is 0 Å². The molecule has 0 saturated heterocycles. The van der Waals surface area contributed by atoms with Crippen molar-refractivity contribution in [3.63, 3.8) is 0 Å². The molecule has 142 valence electrons. The molecule has 1 aliphatic carbocycles. The number of anilines is 2. The number of nitrogens with zero attached hydrogens (tertiary/aromatic N) is 4. The van der Waals surface area contributed by atoms with Crippen molar-refractivity contribution in [2.75, 3.05) is 11.1 Å². The number of alkyl halides is 3. The molecule has 3 aromatic rings. The summed E-state index contributed by atoms with van der Waals surface area (Å²) in [4.78, 5) is 12.8. The minimum Gasteiger partial charge on any atom is -0.369 e. The van der Waals surface area contributed by atoms with Gasteiger partial charge in [-0.1, -0.05) is 11.6 Å². The van der Waals surface area contributed by atoms with Gasteiger partial charge in [0.15, 0.2) is 5.65 Å². The van der Waals surface area contributed by atoms with Crippen LogP contribution in [-0.2, 0) is 6.18 Å². The highest BCUT2D eigenvalue weighted by molar-refractivity contribution is 6.30. The lowest BCUT2D eigenvalue weighted by Crippen LogP contribution is -2.42. The van der Waals surface area contributed by atoms with E-state index in [4.69, 9.17) is 17.3 Å². The summed E-state index contributed by atoms with van der Waals surface area (Å²) in [6, 6.07) is 3.21. The molecule has 0 bridgehead atoms. The first-order valence-corrected chi connectivity index (χ1v) is 8.70. The smallest absolute Gasteiger partial charge is 0.369 e. The second-order valence-electron chi connectivity index (χ2n) is 6.94. The normalized spacial score (nSPS) is 16.3. The molecule has 2 aromatic heterocycles. The Morgan fingerprint density at radius 3 is 2.59 bits per heavy atom. The fraction of sp³-hybridized carbons (Fsp3) is 0.353. The predicted molar refractivity (Wildman–Crippen MR) is 97.0 cm³/mol. The molecule has 0 radical (unpaired) electrons. The monoisotopic (exact) mass is 396 g/mol. The van der Waals surface area contributed by atoms with E-state index < -0.39 is 11.7 Å². The lowest BCUT2D eigenvalue weighted by atomic mass is 9.79. The number of benzene rings is 1. The van der Waals surface area contributed by atoms with E-state index in [1.165, 1.54) is 16.8 Å². The molecule has 0 amide bonds. The molecule has 3 N–H and O–H groups in total. The van der Waals surface area contributed by atoms with Crippen LogP contribution in [0, 0.1) is 0 Å².